The summed E-state index contributed by atoms with van der Waals surface area (Å²) in [6.07, 6.45) is 1.82. The first-order chi connectivity index (χ1) is 9.88. The summed E-state index contributed by atoms with van der Waals surface area (Å²) in [5.41, 5.74) is 2.37. The fraction of sp³-hybridized carbons (Fsp3) is 0.438. The SMILES string of the molecule is Cc1ccc(C(=O)Nc2ncc(C(C)C)s2)c(C(C)C)n1. The fourth-order valence-corrected chi connectivity index (χ4v) is 2.80. The van der Waals surface area contributed by atoms with Crippen LogP contribution in [0.1, 0.15) is 66.2 Å². The summed E-state index contributed by atoms with van der Waals surface area (Å²) < 4.78 is 0. The number of carbonyl (C=O) groups excluding carboxylic acids is 1. The number of hydrogen-bond donors (Lipinski definition) is 1. The van der Waals surface area contributed by atoms with E-state index in [1.54, 1.807) is 0 Å². The summed E-state index contributed by atoms with van der Waals surface area (Å²) in [6.45, 7) is 10.2. The third kappa shape index (κ3) is 3.67. The van der Waals surface area contributed by atoms with Gasteiger partial charge in [-0.2, -0.15) is 0 Å². The van der Waals surface area contributed by atoms with Gasteiger partial charge >= 0.3 is 0 Å². The lowest BCUT2D eigenvalue weighted by Gasteiger charge is -2.11. The molecule has 0 unspecified atom stereocenters. The number of hydrogen-bond acceptors (Lipinski definition) is 4. The average Bonchev–Trinajstić information content (AvgIpc) is 2.87. The number of nitrogens with zero attached hydrogens (tertiary/aromatic N) is 2. The van der Waals surface area contributed by atoms with E-state index in [9.17, 15) is 4.79 Å². The normalized spacial score (nSPS) is 11.2. The third-order valence-corrected chi connectivity index (χ3v) is 4.38. The molecule has 0 bridgehead atoms. The van der Waals surface area contributed by atoms with Crippen molar-refractivity contribution in [2.75, 3.05) is 5.32 Å². The Kier molecular flexibility index (Phi) is 4.73. The maximum atomic E-state index is 12.4. The van der Waals surface area contributed by atoms with Gasteiger partial charge in [0.1, 0.15) is 0 Å². The Balaban J connectivity index is 2.23. The van der Waals surface area contributed by atoms with Gasteiger partial charge in [-0.3, -0.25) is 15.1 Å². The van der Waals surface area contributed by atoms with E-state index in [1.165, 1.54) is 11.3 Å². The molecule has 0 aliphatic heterocycles. The van der Waals surface area contributed by atoms with Gasteiger partial charge in [0.25, 0.3) is 5.91 Å². The molecule has 21 heavy (non-hydrogen) atoms. The molecule has 2 aromatic heterocycles. The van der Waals surface area contributed by atoms with E-state index >= 15 is 0 Å². The maximum absolute atomic E-state index is 12.4. The van der Waals surface area contributed by atoms with Gasteiger partial charge < -0.3 is 0 Å². The molecule has 0 aromatic carbocycles. The molecule has 2 heterocycles. The van der Waals surface area contributed by atoms with Crippen molar-refractivity contribution in [3.63, 3.8) is 0 Å². The van der Waals surface area contributed by atoms with Crippen LogP contribution in [-0.2, 0) is 0 Å². The molecule has 0 saturated heterocycles. The lowest BCUT2D eigenvalue weighted by molar-refractivity contribution is 0.102. The van der Waals surface area contributed by atoms with Crippen LogP contribution in [0, 0.1) is 6.92 Å². The number of thiazole rings is 1. The summed E-state index contributed by atoms with van der Waals surface area (Å²) in [5, 5.41) is 3.51. The monoisotopic (exact) mass is 303 g/mol. The van der Waals surface area contributed by atoms with E-state index in [1.807, 2.05) is 39.1 Å². The lowest BCUT2D eigenvalue weighted by Crippen LogP contribution is -2.16. The highest BCUT2D eigenvalue weighted by Crippen LogP contribution is 2.26. The highest BCUT2D eigenvalue weighted by Gasteiger charge is 2.17. The first-order valence-corrected chi connectivity index (χ1v) is 7.94. The topological polar surface area (TPSA) is 54.9 Å². The smallest absolute Gasteiger partial charge is 0.259 e. The van der Waals surface area contributed by atoms with Crippen molar-refractivity contribution in [3.8, 4) is 0 Å². The molecule has 2 rings (SSSR count). The molecule has 112 valence electrons. The number of carbonyl (C=O) groups is 1. The van der Waals surface area contributed by atoms with Gasteiger partial charge in [0.05, 0.1) is 11.3 Å². The Labute approximate surface area is 129 Å². The third-order valence-electron chi connectivity index (χ3n) is 3.17. The molecule has 5 heteroatoms. The number of anilines is 1. The first-order valence-electron chi connectivity index (χ1n) is 7.13. The van der Waals surface area contributed by atoms with Crippen LogP contribution in [0.15, 0.2) is 18.3 Å². The molecule has 0 aliphatic rings. The molecule has 0 saturated carbocycles. The summed E-state index contributed by atoms with van der Waals surface area (Å²) in [4.78, 5) is 22.4. The second-order valence-corrected chi connectivity index (χ2v) is 6.78. The summed E-state index contributed by atoms with van der Waals surface area (Å²) in [6, 6.07) is 3.70. The van der Waals surface area contributed by atoms with Crippen LogP contribution in [0.4, 0.5) is 5.13 Å². The predicted octanol–water partition coefficient (Wildman–Crippen LogP) is 4.35. The molecule has 0 atom stereocenters. The summed E-state index contributed by atoms with van der Waals surface area (Å²) >= 11 is 1.52. The molecule has 1 amide bonds. The second kappa shape index (κ2) is 6.35. The fourth-order valence-electron chi connectivity index (χ4n) is 1.98. The van der Waals surface area contributed by atoms with Crippen molar-refractivity contribution < 1.29 is 4.79 Å². The summed E-state index contributed by atoms with van der Waals surface area (Å²) in [7, 11) is 0. The van der Waals surface area contributed by atoms with Crippen molar-refractivity contribution in [3.05, 3.63) is 40.2 Å². The van der Waals surface area contributed by atoms with Crippen LogP contribution >= 0.6 is 11.3 Å². The zero-order valence-electron chi connectivity index (χ0n) is 13.1. The number of amides is 1. The molecular weight excluding hydrogens is 282 g/mol. The van der Waals surface area contributed by atoms with E-state index < -0.39 is 0 Å². The van der Waals surface area contributed by atoms with Gasteiger partial charge in [-0.05, 0) is 30.9 Å². The number of aryl methyl sites for hydroxylation is 1. The molecule has 1 N–H and O–H groups in total. The molecular formula is C16H21N3OS. The maximum Gasteiger partial charge on any atom is 0.259 e. The van der Waals surface area contributed by atoms with E-state index in [-0.39, 0.29) is 11.8 Å². The van der Waals surface area contributed by atoms with Crippen LogP contribution in [0.2, 0.25) is 0 Å². The molecule has 0 fully saturated rings. The van der Waals surface area contributed by atoms with Gasteiger partial charge in [-0.1, -0.05) is 27.7 Å². The van der Waals surface area contributed by atoms with Crippen molar-refractivity contribution in [1.82, 2.24) is 9.97 Å². The Hall–Kier alpha value is -1.75. The Morgan fingerprint density at radius 2 is 1.90 bits per heavy atom. The minimum atomic E-state index is -0.143. The van der Waals surface area contributed by atoms with Crippen molar-refractivity contribution in [1.29, 1.82) is 0 Å². The zero-order chi connectivity index (χ0) is 15.6. The van der Waals surface area contributed by atoms with Crippen molar-refractivity contribution >= 4 is 22.4 Å². The van der Waals surface area contributed by atoms with Crippen LogP contribution in [0.25, 0.3) is 0 Å². The van der Waals surface area contributed by atoms with Crippen LogP contribution in [0.5, 0.6) is 0 Å². The molecule has 0 aliphatic carbocycles. The van der Waals surface area contributed by atoms with Gasteiger partial charge in [-0.25, -0.2) is 4.98 Å². The zero-order valence-corrected chi connectivity index (χ0v) is 13.9. The number of pyridine rings is 1. The highest BCUT2D eigenvalue weighted by atomic mass is 32.1. The first kappa shape index (κ1) is 15.6. The Morgan fingerprint density at radius 3 is 2.48 bits per heavy atom. The molecule has 0 spiro atoms. The molecule has 2 aromatic rings. The van der Waals surface area contributed by atoms with Crippen molar-refractivity contribution in [2.45, 2.75) is 46.5 Å². The molecule has 4 nitrogen and oxygen atoms in total. The highest BCUT2D eigenvalue weighted by molar-refractivity contribution is 7.15. The minimum absolute atomic E-state index is 0.143. The van der Waals surface area contributed by atoms with E-state index in [0.717, 1.165) is 16.3 Å². The lowest BCUT2D eigenvalue weighted by atomic mass is 10.0. The van der Waals surface area contributed by atoms with E-state index in [2.05, 4.69) is 29.1 Å². The van der Waals surface area contributed by atoms with Crippen LogP contribution in [-0.4, -0.2) is 15.9 Å². The van der Waals surface area contributed by atoms with Crippen LogP contribution < -0.4 is 5.32 Å². The van der Waals surface area contributed by atoms with Gasteiger partial charge in [0, 0.05) is 16.8 Å². The van der Waals surface area contributed by atoms with Crippen LogP contribution in [0.3, 0.4) is 0 Å². The van der Waals surface area contributed by atoms with Gasteiger partial charge in [0.2, 0.25) is 0 Å². The number of nitrogens with one attached hydrogen (secondary N) is 1. The summed E-state index contributed by atoms with van der Waals surface area (Å²) in [5.74, 6) is 0.476. The minimum Gasteiger partial charge on any atom is -0.298 e. The van der Waals surface area contributed by atoms with E-state index in [0.29, 0.717) is 16.6 Å². The number of rotatable bonds is 4. The van der Waals surface area contributed by atoms with E-state index in [4.69, 9.17) is 0 Å². The Morgan fingerprint density at radius 1 is 1.19 bits per heavy atom. The average molecular weight is 303 g/mol. The van der Waals surface area contributed by atoms with Crippen molar-refractivity contribution in [2.24, 2.45) is 0 Å². The number of aromatic nitrogens is 2. The predicted molar refractivity (Wildman–Crippen MR) is 87.2 cm³/mol. The Bertz CT molecular complexity index is 647. The van der Waals surface area contributed by atoms with Gasteiger partial charge in [-0.15, -0.1) is 11.3 Å². The standard InChI is InChI=1S/C16H21N3OS/c1-9(2)13-8-17-16(21-13)19-15(20)12-7-6-11(5)18-14(12)10(3)4/h6-10H,1-5H3,(H,17,19,20). The van der Waals surface area contributed by atoms with Gasteiger partial charge in [0.15, 0.2) is 5.13 Å². The largest absolute Gasteiger partial charge is 0.298 e. The second-order valence-electron chi connectivity index (χ2n) is 5.72. The quantitative estimate of drug-likeness (QED) is 0.913. The molecule has 0 radical (unpaired) electrons.